The van der Waals surface area contributed by atoms with E-state index in [0.29, 0.717) is 17.9 Å². The standard InChI is InChI=1S/C12H20N4O2/c1-8-5-10(16-13)9(6-14-8)11(17)15-12(2,3)7-18-4/h5-6H,7,13H2,1-4H3,(H,14,16)(H,15,17). The molecule has 0 aliphatic rings. The highest BCUT2D eigenvalue weighted by Gasteiger charge is 2.22. The number of hydrazine groups is 1. The Morgan fingerprint density at radius 2 is 2.22 bits per heavy atom. The number of hydrogen-bond acceptors (Lipinski definition) is 5. The number of carbonyl (C=O) groups is 1. The van der Waals surface area contributed by atoms with Crippen LogP contribution in [0.15, 0.2) is 12.3 Å². The SMILES string of the molecule is COCC(C)(C)NC(=O)c1cnc(C)cc1NN. The maximum atomic E-state index is 12.1. The van der Waals surface area contributed by atoms with Crippen LogP contribution in [0.1, 0.15) is 29.9 Å². The number of amides is 1. The fourth-order valence-corrected chi connectivity index (χ4v) is 1.63. The fourth-order valence-electron chi connectivity index (χ4n) is 1.63. The van der Waals surface area contributed by atoms with Gasteiger partial charge in [0.1, 0.15) is 0 Å². The molecule has 0 radical (unpaired) electrons. The zero-order chi connectivity index (χ0) is 13.8. The molecule has 1 rings (SSSR count). The van der Waals surface area contributed by atoms with Gasteiger partial charge in [-0.3, -0.25) is 15.6 Å². The van der Waals surface area contributed by atoms with Crippen molar-refractivity contribution in [3.8, 4) is 0 Å². The number of nitrogens with one attached hydrogen (secondary N) is 2. The third kappa shape index (κ3) is 3.68. The van der Waals surface area contributed by atoms with Crippen molar-refractivity contribution in [3.63, 3.8) is 0 Å². The first-order valence-electron chi connectivity index (χ1n) is 5.64. The highest BCUT2D eigenvalue weighted by atomic mass is 16.5. The number of methoxy groups -OCH3 is 1. The van der Waals surface area contributed by atoms with Gasteiger partial charge in [0.15, 0.2) is 0 Å². The maximum absolute atomic E-state index is 12.1. The smallest absolute Gasteiger partial charge is 0.255 e. The van der Waals surface area contributed by atoms with Crippen molar-refractivity contribution >= 4 is 11.6 Å². The second-order valence-corrected chi connectivity index (χ2v) is 4.79. The maximum Gasteiger partial charge on any atom is 0.255 e. The van der Waals surface area contributed by atoms with E-state index < -0.39 is 5.54 Å². The number of carbonyl (C=O) groups excluding carboxylic acids is 1. The molecule has 1 amide bonds. The van der Waals surface area contributed by atoms with E-state index in [1.165, 1.54) is 6.20 Å². The highest BCUT2D eigenvalue weighted by molar-refractivity contribution is 5.99. The molecule has 6 heteroatoms. The van der Waals surface area contributed by atoms with Gasteiger partial charge >= 0.3 is 0 Å². The van der Waals surface area contributed by atoms with Crippen LogP contribution >= 0.6 is 0 Å². The monoisotopic (exact) mass is 252 g/mol. The van der Waals surface area contributed by atoms with Gasteiger partial charge in [0.05, 0.1) is 23.4 Å². The van der Waals surface area contributed by atoms with E-state index >= 15 is 0 Å². The van der Waals surface area contributed by atoms with Gasteiger partial charge < -0.3 is 15.5 Å². The molecule has 0 bridgehead atoms. The van der Waals surface area contributed by atoms with Gasteiger partial charge in [-0.05, 0) is 26.8 Å². The molecule has 0 aliphatic heterocycles. The van der Waals surface area contributed by atoms with Crippen LogP contribution in [0.3, 0.4) is 0 Å². The first kappa shape index (κ1) is 14.4. The molecular formula is C12H20N4O2. The van der Waals surface area contributed by atoms with Crippen LogP contribution in [0.25, 0.3) is 0 Å². The van der Waals surface area contributed by atoms with Gasteiger partial charge in [-0.1, -0.05) is 0 Å². The van der Waals surface area contributed by atoms with Crippen LogP contribution in [0.2, 0.25) is 0 Å². The van der Waals surface area contributed by atoms with Crippen molar-refractivity contribution in [3.05, 3.63) is 23.5 Å². The molecule has 0 saturated carbocycles. The second kappa shape index (κ2) is 5.79. The zero-order valence-corrected chi connectivity index (χ0v) is 11.2. The van der Waals surface area contributed by atoms with E-state index in [1.807, 2.05) is 20.8 Å². The molecule has 1 heterocycles. The average Bonchev–Trinajstić information content (AvgIpc) is 2.27. The van der Waals surface area contributed by atoms with E-state index in [9.17, 15) is 4.79 Å². The quantitative estimate of drug-likeness (QED) is 0.533. The molecule has 1 aromatic heterocycles. The predicted molar refractivity (Wildman–Crippen MR) is 70.2 cm³/mol. The number of pyridine rings is 1. The number of hydrogen-bond donors (Lipinski definition) is 3. The molecule has 18 heavy (non-hydrogen) atoms. The van der Waals surface area contributed by atoms with Crippen LogP contribution < -0.4 is 16.6 Å². The Morgan fingerprint density at radius 3 is 2.78 bits per heavy atom. The summed E-state index contributed by atoms with van der Waals surface area (Å²) < 4.78 is 5.05. The molecular weight excluding hydrogens is 232 g/mol. The zero-order valence-electron chi connectivity index (χ0n) is 11.2. The number of nitrogen functional groups attached to an aromatic ring is 1. The summed E-state index contributed by atoms with van der Waals surface area (Å²) in [5.41, 5.74) is 3.79. The minimum Gasteiger partial charge on any atom is -0.382 e. The predicted octanol–water partition coefficient (Wildman–Crippen LogP) is 0.830. The van der Waals surface area contributed by atoms with Gasteiger partial charge in [-0.25, -0.2) is 0 Å². The molecule has 0 fully saturated rings. The minimum atomic E-state index is -0.456. The van der Waals surface area contributed by atoms with Crippen LogP contribution in [0.5, 0.6) is 0 Å². The fraction of sp³-hybridized carbons (Fsp3) is 0.500. The first-order chi connectivity index (χ1) is 8.39. The Kier molecular flexibility index (Phi) is 4.63. The lowest BCUT2D eigenvalue weighted by Gasteiger charge is -2.25. The molecule has 0 saturated heterocycles. The summed E-state index contributed by atoms with van der Waals surface area (Å²) in [6.07, 6.45) is 1.50. The first-order valence-corrected chi connectivity index (χ1v) is 5.64. The van der Waals surface area contributed by atoms with Crippen LogP contribution in [-0.4, -0.2) is 30.1 Å². The second-order valence-electron chi connectivity index (χ2n) is 4.79. The number of ether oxygens (including phenoxy) is 1. The summed E-state index contributed by atoms with van der Waals surface area (Å²) in [7, 11) is 1.59. The molecule has 100 valence electrons. The Bertz CT molecular complexity index is 432. The number of rotatable bonds is 5. The van der Waals surface area contributed by atoms with Crippen molar-refractivity contribution in [2.24, 2.45) is 5.84 Å². The van der Waals surface area contributed by atoms with Crippen LogP contribution in [-0.2, 0) is 4.74 Å². The summed E-state index contributed by atoms with van der Waals surface area (Å²) in [6, 6.07) is 1.72. The van der Waals surface area contributed by atoms with Crippen molar-refractivity contribution < 1.29 is 9.53 Å². The number of aryl methyl sites for hydroxylation is 1. The largest absolute Gasteiger partial charge is 0.382 e. The number of nitrogens with zero attached hydrogens (tertiary/aromatic N) is 1. The highest BCUT2D eigenvalue weighted by Crippen LogP contribution is 2.15. The van der Waals surface area contributed by atoms with E-state index in [1.54, 1.807) is 13.2 Å². The Morgan fingerprint density at radius 1 is 1.56 bits per heavy atom. The summed E-state index contributed by atoms with van der Waals surface area (Å²) >= 11 is 0. The Hall–Kier alpha value is -1.66. The molecule has 0 spiro atoms. The Balaban J connectivity index is 2.91. The summed E-state index contributed by atoms with van der Waals surface area (Å²) in [4.78, 5) is 16.2. The van der Waals surface area contributed by atoms with E-state index in [0.717, 1.165) is 5.69 Å². The molecule has 4 N–H and O–H groups in total. The van der Waals surface area contributed by atoms with Gasteiger partial charge in [0.25, 0.3) is 5.91 Å². The van der Waals surface area contributed by atoms with Crippen molar-refractivity contribution in [1.82, 2.24) is 10.3 Å². The van der Waals surface area contributed by atoms with Crippen LogP contribution in [0, 0.1) is 6.92 Å². The number of anilines is 1. The summed E-state index contributed by atoms with van der Waals surface area (Å²) in [6.45, 7) is 6.01. The molecule has 0 unspecified atom stereocenters. The van der Waals surface area contributed by atoms with E-state index in [2.05, 4.69) is 15.7 Å². The molecule has 0 atom stereocenters. The van der Waals surface area contributed by atoms with Crippen molar-refractivity contribution in [2.75, 3.05) is 19.1 Å². The summed E-state index contributed by atoms with van der Waals surface area (Å²) in [5.74, 6) is 5.16. The lowest BCUT2D eigenvalue weighted by atomic mass is 10.1. The van der Waals surface area contributed by atoms with Crippen LogP contribution in [0.4, 0.5) is 5.69 Å². The third-order valence-corrected chi connectivity index (χ3v) is 2.40. The van der Waals surface area contributed by atoms with Gasteiger partial charge in [-0.2, -0.15) is 0 Å². The van der Waals surface area contributed by atoms with Crippen molar-refractivity contribution in [1.29, 1.82) is 0 Å². The van der Waals surface area contributed by atoms with Crippen molar-refractivity contribution in [2.45, 2.75) is 26.3 Å². The van der Waals surface area contributed by atoms with E-state index in [4.69, 9.17) is 10.6 Å². The lowest BCUT2D eigenvalue weighted by molar-refractivity contribution is 0.0820. The molecule has 0 aromatic carbocycles. The number of aromatic nitrogens is 1. The average molecular weight is 252 g/mol. The number of nitrogens with two attached hydrogens (primary N) is 1. The minimum absolute atomic E-state index is 0.238. The summed E-state index contributed by atoms with van der Waals surface area (Å²) in [5, 5.41) is 2.87. The van der Waals surface area contributed by atoms with Gasteiger partial charge in [-0.15, -0.1) is 0 Å². The normalized spacial score (nSPS) is 11.2. The topological polar surface area (TPSA) is 89.3 Å². The molecule has 0 aliphatic carbocycles. The third-order valence-electron chi connectivity index (χ3n) is 2.40. The molecule has 6 nitrogen and oxygen atoms in total. The Labute approximate surface area is 107 Å². The molecule has 1 aromatic rings. The van der Waals surface area contributed by atoms with Gasteiger partial charge in [0.2, 0.25) is 0 Å². The van der Waals surface area contributed by atoms with E-state index in [-0.39, 0.29) is 5.91 Å². The lowest BCUT2D eigenvalue weighted by Crippen LogP contribution is -2.47. The van der Waals surface area contributed by atoms with Gasteiger partial charge in [0, 0.05) is 19.0 Å².